The Hall–Kier alpha value is 1.75. The molecule has 1 unspecified atom stereocenters. The van der Waals surface area contributed by atoms with Gasteiger partial charge in [0.1, 0.15) is 0 Å². The Kier molecular flexibility index (Phi) is 19.3. The molecule has 0 aliphatic heterocycles. The van der Waals surface area contributed by atoms with Gasteiger partial charge in [0.2, 0.25) is 0 Å². The van der Waals surface area contributed by atoms with Crippen LogP contribution in [0.25, 0.3) is 0 Å². The summed E-state index contributed by atoms with van der Waals surface area (Å²) >= 11 is 0. The molecule has 0 saturated carbocycles. The molecule has 0 aromatic heterocycles. The van der Waals surface area contributed by atoms with Crippen molar-refractivity contribution in [3.63, 3.8) is 0 Å². The minimum atomic E-state index is -4.64. The summed E-state index contributed by atoms with van der Waals surface area (Å²) in [6.07, 6.45) is 5.21. The van der Waals surface area contributed by atoms with Gasteiger partial charge in [0.25, 0.3) is 0 Å². The van der Waals surface area contributed by atoms with E-state index in [2.05, 4.69) is 20.8 Å². The molecule has 4 nitrogen and oxygen atoms in total. The van der Waals surface area contributed by atoms with Gasteiger partial charge in [-0.05, 0) is 0 Å². The Morgan fingerprint density at radius 3 is 1.86 bits per heavy atom. The van der Waals surface area contributed by atoms with Crippen molar-refractivity contribution in [2.75, 3.05) is 0 Å². The predicted octanol–water partition coefficient (Wildman–Crippen LogP) is -0.888. The van der Waals surface area contributed by atoms with E-state index in [0.29, 0.717) is 5.92 Å². The largest absolute Gasteiger partial charge is 1.00 e. The predicted molar refractivity (Wildman–Crippen MR) is 52.9 cm³/mol. The fourth-order valence-corrected chi connectivity index (χ4v) is 0.697. The van der Waals surface area contributed by atoms with E-state index in [1.165, 1.54) is 25.7 Å². The van der Waals surface area contributed by atoms with Crippen molar-refractivity contribution in [1.82, 2.24) is 0 Å². The first-order valence-electron chi connectivity index (χ1n) is 4.42. The molecule has 3 N–H and O–H groups in total. The monoisotopic (exact) mass is 250 g/mol. The van der Waals surface area contributed by atoms with Crippen molar-refractivity contribution < 1.29 is 70.6 Å². The molecular formula is C8H20KO4P. The van der Waals surface area contributed by atoms with E-state index in [9.17, 15) is 0 Å². The molecule has 0 amide bonds. The second-order valence-corrected chi connectivity index (χ2v) is 3.96. The number of hydrogen-bond donors (Lipinski definition) is 3. The van der Waals surface area contributed by atoms with Crippen molar-refractivity contribution in [1.29, 1.82) is 0 Å². The summed E-state index contributed by atoms with van der Waals surface area (Å²) in [6.45, 7) is 8.42. The molecule has 0 fully saturated rings. The van der Waals surface area contributed by atoms with Crippen LogP contribution in [0.5, 0.6) is 0 Å². The van der Waals surface area contributed by atoms with E-state index < -0.39 is 7.82 Å². The average molecular weight is 250 g/mol. The first-order valence-corrected chi connectivity index (χ1v) is 5.99. The molecule has 0 aliphatic rings. The summed E-state index contributed by atoms with van der Waals surface area (Å²) in [5, 5.41) is 0. The van der Waals surface area contributed by atoms with Gasteiger partial charge in [-0.2, -0.15) is 5.92 Å². The van der Waals surface area contributed by atoms with E-state index in [1.54, 1.807) is 0 Å². The summed E-state index contributed by atoms with van der Waals surface area (Å²) in [5.41, 5.74) is 0. The van der Waals surface area contributed by atoms with Gasteiger partial charge in [0.15, 0.2) is 0 Å². The maximum absolute atomic E-state index is 8.88. The third-order valence-electron chi connectivity index (χ3n) is 1.54. The number of unbranched alkanes of at least 4 members (excludes halogenated alkanes) is 1. The summed E-state index contributed by atoms with van der Waals surface area (Å²) in [4.78, 5) is 21.6. The minimum Gasteiger partial charge on any atom is -0.340 e. The smallest absolute Gasteiger partial charge is 0.340 e. The van der Waals surface area contributed by atoms with Crippen molar-refractivity contribution >= 4 is 7.82 Å². The first-order chi connectivity index (χ1) is 5.81. The van der Waals surface area contributed by atoms with E-state index in [1.807, 2.05) is 0 Å². The Bertz CT molecular complexity index is 140. The zero-order valence-electron chi connectivity index (χ0n) is 9.31. The van der Waals surface area contributed by atoms with Gasteiger partial charge < -0.3 is 21.6 Å². The van der Waals surface area contributed by atoms with Crippen LogP contribution in [-0.4, -0.2) is 14.7 Å². The summed E-state index contributed by atoms with van der Waals surface area (Å²) < 4.78 is 8.88. The molecule has 0 bridgehead atoms. The topological polar surface area (TPSA) is 77.8 Å². The maximum Gasteiger partial charge on any atom is 1.00 e. The van der Waals surface area contributed by atoms with Gasteiger partial charge in [0.05, 0.1) is 0 Å². The van der Waals surface area contributed by atoms with Crippen LogP contribution in [-0.2, 0) is 4.57 Å². The summed E-state index contributed by atoms with van der Waals surface area (Å²) in [6, 6.07) is 0. The third-order valence-corrected chi connectivity index (χ3v) is 1.54. The molecule has 0 aliphatic carbocycles. The summed E-state index contributed by atoms with van der Waals surface area (Å²) in [7, 11) is -4.64. The third kappa shape index (κ3) is 37.2. The van der Waals surface area contributed by atoms with Crippen LogP contribution >= 0.6 is 7.82 Å². The van der Waals surface area contributed by atoms with Gasteiger partial charge in [0, 0.05) is 0 Å². The van der Waals surface area contributed by atoms with Gasteiger partial charge >= 0.3 is 59.2 Å². The molecule has 1 atom stereocenters. The summed E-state index contributed by atoms with van der Waals surface area (Å²) in [5.74, 6) is 0.704. The van der Waals surface area contributed by atoms with E-state index in [-0.39, 0.29) is 51.4 Å². The maximum atomic E-state index is 8.88. The number of hydrogen-bond acceptors (Lipinski definition) is 1. The van der Waals surface area contributed by atoms with Crippen LogP contribution in [0.3, 0.4) is 0 Å². The molecule has 0 radical (unpaired) electrons. The van der Waals surface area contributed by atoms with Crippen molar-refractivity contribution in [3.8, 4) is 0 Å². The first kappa shape index (κ1) is 21.1. The van der Waals surface area contributed by atoms with E-state index in [4.69, 9.17) is 19.2 Å². The van der Waals surface area contributed by atoms with Gasteiger partial charge in [-0.25, -0.2) is 4.57 Å². The zero-order valence-corrected chi connectivity index (χ0v) is 13.3. The fraction of sp³-hybridized carbons (Fsp3) is 0.875. The van der Waals surface area contributed by atoms with Crippen LogP contribution in [0, 0.1) is 12.8 Å². The molecule has 0 aromatic rings. The van der Waals surface area contributed by atoms with Crippen molar-refractivity contribution in [3.05, 3.63) is 6.92 Å². The van der Waals surface area contributed by atoms with Crippen LogP contribution in [0.2, 0.25) is 0 Å². The Labute approximate surface area is 129 Å². The van der Waals surface area contributed by atoms with Crippen molar-refractivity contribution in [2.24, 2.45) is 5.92 Å². The van der Waals surface area contributed by atoms with Crippen LogP contribution < -0.4 is 51.4 Å². The Morgan fingerprint density at radius 2 is 1.64 bits per heavy atom. The second kappa shape index (κ2) is 12.8. The van der Waals surface area contributed by atoms with Gasteiger partial charge in [-0.1, -0.05) is 39.5 Å². The zero-order chi connectivity index (χ0) is 10.9. The van der Waals surface area contributed by atoms with Gasteiger partial charge in [-0.3, -0.25) is 0 Å². The number of rotatable bonds is 4. The minimum absolute atomic E-state index is 0. The number of phosphoric acid groups is 1. The molecule has 6 heteroatoms. The SMILES string of the molecule is O=P(O)(O)O.[CH2-]C(CC)CCCC.[K+]. The van der Waals surface area contributed by atoms with Gasteiger partial charge in [-0.15, -0.1) is 0 Å². The molecule has 0 rings (SSSR count). The molecule has 0 saturated heterocycles. The Morgan fingerprint density at radius 1 is 1.29 bits per heavy atom. The fourth-order valence-electron chi connectivity index (χ4n) is 0.697. The van der Waals surface area contributed by atoms with Crippen molar-refractivity contribution in [2.45, 2.75) is 39.5 Å². The molecular weight excluding hydrogens is 230 g/mol. The Balaban J connectivity index is -0.000000177. The quantitative estimate of drug-likeness (QED) is 0.344. The van der Waals surface area contributed by atoms with E-state index in [0.717, 1.165) is 0 Å². The second-order valence-electron chi connectivity index (χ2n) is 2.93. The molecule has 0 aromatic carbocycles. The van der Waals surface area contributed by atoms with Crippen LogP contribution in [0.1, 0.15) is 39.5 Å². The normalized spacial score (nSPS) is 12.1. The average Bonchev–Trinajstić information content (AvgIpc) is 1.97. The van der Waals surface area contributed by atoms with Crippen LogP contribution in [0.4, 0.5) is 0 Å². The molecule has 82 valence electrons. The molecule has 14 heavy (non-hydrogen) atoms. The molecule has 0 heterocycles. The molecule has 0 spiro atoms. The van der Waals surface area contributed by atoms with Crippen LogP contribution in [0.15, 0.2) is 0 Å². The van der Waals surface area contributed by atoms with E-state index >= 15 is 0 Å². The standard InChI is InChI=1S/C8H17.K.H3O4P/c1-4-6-7-8(3)5-2;;1-5(2,3)4/h8H,3-7H2,1-2H3;;(H3,1,2,3,4)/q-1;+1;.